The van der Waals surface area contributed by atoms with Crippen LogP contribution in [-0.2, 0) is 12.0 Å². The van der Waals surface area contributed by atoms with Crippen molar-refractivity contribution in [2.24, 2.45) is 5.92 Å². The first kappa shape index (κ1) is 15.6. The minimum atomic E-state index is -0.186. The van der Waals surface area contributed by atoms with E-state index in [2.05, 4.69) is 64.8 Å². The van der Waals surface area contributed by atoms with E-state index in [1.165, 1.54) is 5.56 Å². The second kappa shape index (κ2) is 5.55. The van der Waals surface area contributed by atoms with E-state index in [9.17, 15) is 4.79 Å². The predicted molar refractivity (Wildman–Crippen MR) is 88.8 cm³/mol. The highest BCUT2D eigenvalue weighted by molar-refractivity contribution is 5.64. The summed E-state index contributed by atoms with van der Waals surface area (Å²) in [4.78, 5) is 12.8. The molecule has 0 bridgehead atoms. The second-order valence-electron chi connectivity index (χ2n) is 7.29. The van der Waals surface area contributed by atoms with Crippen molar-refractivity contribution >= 4 is 0 Å². The Balaban J connectivity index is 2.67. The molecule has 1 N–H and O–H groups in total. The quantitative estimate of drug-likeness (QED) is 0.906. The third-order valence-corrected chi connectivity index (χ3v) is 3.56. The standard InChI is InChI=1S/C18H26N2O/c1-12(2)11-20-17(21)15(18(4,5)6)16(19-20)14-9-7-8-13(3)10-14/h7-10,12,19H,11H2,1-6H3. The molecule has 2 aromatic rings. The van der Waals surface area contributed by atoms with Crippen LogP contribution in [0.3, 0.4) is 0 Å². The third kappa shape index (κ3) is 3.29. The first-order chi connectivity index (χ1) is 9.70. The monoisotopic (exact) mass is 286 g/mol. The van der Waals surface area contributed by atoms with Crippen LogP contribution < -0.4 is 5.56 Å². The van der Waals surface area contributed by atoms with E-state index in [4.69, 9.17) is 0 Å². The van der Waals surface area contributed by atoms with Crippen molar-refractivity contribution in [3.63, 3.8) is 0 Å². The summed E-state index contributed by atoms with van der Waals surface area (Å²) in [6.45, 7) is 13.3. The average molecular weight is 286 g/mol. The molecule has 0 spiro atoms. The summed E-state index contributed by atoms with van der Waals surface area (Å²) in [5.41, 5.74) is 4.03. The Morgan fingerprint density at radius 1 is 1.24 bits per heavy atom. The Morgan fingerprint density at radius 2 is 1.90 bits per heavy atom. The van der Waals surface area contributed by atoms with E-state index in [1.807, 2.05) is 6.07 Å². The van der Waals surface area contributed by atoms with Crippen molar-refractivity contribution in [1.82, 2.24) is 9.78 Å². The van der Waals surface area contributed by atoms with Gasteiger partial charge in [0.1, 0.15) is 0 Å². The zero-order chi connectivity index (χ0) is 15.8. The Hall–Kier alpha value is -1.77. The Bertz CT molecular complexity index is 684. The number of hydrogen-bond acceptors (Lipinski definition) is 1. The summed E-state index contributed by atoms with van der Waals surface area (Å²) in [5, 5.41) is 3.34. The van der Waals surface area contributed by atoms with Crippen LogP contribution in [0.1, 0.15) is 45.7 Å². The molecule has 1 aromatic carbocycles. The lowest BCUT2D eigenvalue weighted by Gasteiger charge is -2.17. The van der Waals surface area contributed by atoms with Crippen molar-refractivity contribution in [2.45, 2.75) is 53.5 Å². The molecule has 0 aliphatic rings. The van der Waals surface area contributed by atoms with Crippen LogP contribution >= 0.6 is 0 Å². The van der Waals surface area contributed by atoms with Gasteiger partial charge in [-0.1, -0.05) is 58.4 Å². The largest absolute Gasteiger partial charge is 0.295 e. The minimum Gasteiger partial charge on any atom is -0.295 e. The van der Waals surface area contributed by atoms with Crippen molar-refractivity contribution < 1.29 is 0 Å². The number of aromatic amines is 1. The number of H-pyrrole nitrogens is 1. The smallest absolute Gasteiger partial charge is 0.270 e. The Labute approximate surface area is 127 Å². The molecule has 1 aromatic heterocycles. The van der Waals surface area contributed by atoms with Gasteiger partial charge >= 0.3 is 0 Å². The molecule has 0 aliphatic heterocycles. The normalized spacial score (nSPS) is 12.1. The fourth-order valence-corrected chi connectivity index (χ4v) is 2.68. The lowest BCUT2D eigenvalue weighted by molar-refractivity contribution is 0.470. The number of benzene rings is 1. The molecule has 0 saturated carbocycles. The second-order valence-corrected chi connectivity index (χ2v) is 7.29. The predicted octanol–water partition coefficient (Wildman–Crippen LogP) is 4.11. The van der Waals surface area contributed by atoms with Crippen molar-refractivity contribution in [2.75, 3.05) is 0 Å². The Morgan fingerprint density at radius 3 is 2.43 bits per heavy atom. The maximum atomic E-state index is 12.8. The highest BCUT2D eigenvalue weighted by Crippen LogP contribution is 2.29. The van der Waals surface area contributed by atoms with Crippen LogP contribution in [0.15, 0.2) is 29.1 Å². The molecule has 21 heavy (non-hydrogen) atoms. The summed E-state index contributed by atoms with van der Waals surface area (Å²) in [6, 6.07) is 8.30. The number of hydrogen-bond donors (Lipinski definition) is 1. The van der Waals surface area contributed by atoms with Crippen molar-refractivity contribution in [3.05, 3.63) is 45.7 Å². The summed E-state index contributed by atoms with van der Waals surface area (Å²) >= 11 is 0. The molecule has 0 unspecified atom stereocenters. The molecule has 114 valence electrons. The van der Waals surface area contributed by atoms with Crippen LogP contribution in [0.2, 0.25) is 0 Å². The van der Waals surface area contributed by atoms with Gasteiger partial charge in [0, 0.05) is 17.7 Å². The lowest BCUT2D eigenvalue weighted by atomic mass is 9.85. The van der Waals surface area contributed by atoms with Gasteiger partial charge in [0.05, 0.1) is 5.69 Å². The molecule has 0 amide bonds. The molecule has 0 saturated heterocycles. The first-order valence-corrected chi connectivity index (χ1v) is 7.60. The van der Waals surface area contributed by atoms with Crippen LogP contribution in [0.25, 0.3) is 11.3 Å². The molecule has 0 atom stereocenters. The molecular formula is C18H26N2O. The first-order valence-electron chi connectivity index (χ1n) is 7.60. The third-order valence-electron chi connectivity index (χ3n) is 3.56. The summed E-state index contributed by atoms with van der Waals surface area (Å²) in [5.74, 6) is 0.430. The molecule has 2 rings (SSSR count). The highest BCUT2D eigenvalue weighted by atomic mass is 16.1. The van der Waals surface area contributed by atoms with Gasteiger partial charge in [-0.3, -0.25) is 14.6 Å². The molecular weight excluding hydrogens is 260 g/mol. The van der Waals surface area contributed by atoms with Crippen LogP contribution in [0.5, 0.6) is 0 Å². The SMILES string of the molecule is Cc1cccc(-c2[nH]n(CC(C)C)c(=O)c2C(C)(C)C)c1. The zero-order valence-electron chi connectivity index (χ0n) is 13.9. The fraction of sp³-hybridized carbons (Fsp3) is 0.500. The van der Waals surface area contributed by atoms with Crippen LogP contribution in [-0.4, -0.2) is 9.78 Å². The zero-order valence-corrected chi connectivity index (χ0v) is 13.9. The van der Waals surface area contributed by atoms with E-state index in [1.54, 1.807) is 4.68 Å². The number of nitrogens with one attached hydrogen (secondary N) is 1. The molecule has 0 aliphatic carbocycles. The summed E-state index contributed by atoms with van der Waals surface area (Å²) in [6.07, 6.45) is 0. The summed E-state index contributed by atoms with van der Waals surface area (Å²) in [7, 11) is 0. The maximum absolute atomic E-state index is 12.8. The number of aryl methyl sites for hydroxylation is 1. The molecule has 3 nitrogen and oxygen atoms in total. The van der Waals surface area contributed by atoms with E-state index in [0.717, 1.165) is 16.8 Å². The van der Waals surface area contributed by atoms with Crippen LogP contribution in [0, 0.1) is 12.8 Å². The minimum absolute atomic E-state index is 0.104. The molecule has 0 radical (unpaired) electrons. The van der Waals surface area contributed by atoms with Gasteiger partial charge in [-0.2, -0.15) is 0 Å². The number of aromatic nitrogens is 2. The van der Waals surface area contributed by atoms with E-state index in [0.29, 0.717) is 12.5 Å². The number of rotatable bonds is 3. The van der Waals surface area contributed by atoms with Gasteiger partial charge in [-0.15, -0.1) is 0 Å². The van der Waals surface area contributed by atoms with Gasteiger partial charge in [0.25, 0.3) is 5.56 Å². The van der Waals surface area contributed by atoms with E-state index >= 15 is 0 Å². The van der Waals surface area contributed by atoms with Gasteiger partial charge in [-0.05, 0) is 24.3 Å². The maximum Gasteiger partial charge on any atom is 0.270 e. The molecule has 0 fully saturated rings. The lowest BCUT2D eigenvalue weighted by Crippen LogP contribution is -2.27. The number of nitrogens with zero attached hydrogens (tertiary/aromatic N) is 1. The fourth-order valence-electron chi connectivity index (χ4n) is 2.68. The van der Waals surface area contributed by atoms with Crippen LogP contribution in [0.4, 0.5) is 0 Å². The van der Waals surface area contributed by atoms with Gasteiger partial charge < -0.3 is 0 Å². The van der Waals surface area contributed by atoms with Crippen molar-refractivity contribution in [3.8, 4) is 11.3 Å². The van der Waals surface area contributed by atoms with Gasteiger partial charge in [0.15, 0.2) is 0 Å². The van der Waals surface area contributed by atoms with E-state index < -0.39 is 0 Å². The van der Waals surface area contributed by atoms with E-state index in [-0.39, 0.29) is 11.0 Å². The topological polar surface area (TPSA) is 37.8 Å². The van der Waals surface area contributed by atoms with Crippen molar-refractivity contribution in [1.29, 1.82) is 0 Å². The highest BCUT2D eigenvalue weighted by Gasteiger charge is 2.26. The van der Waals surface area contributed by atoms with Gasteiger partial charge in [0.2, 0.25) is 0 Å². The average Bonchev–Trinajstić information content (AvgIpc) is 2.66. The van der Waals surface area contributed by atoms with Gasteiger partial charge in [-0.25, -0.2) is 0 Å². The molecule has 3 heteroatoms. The molecule has 1 heterocycles. The Kier molecular flexibility index (Phi) is 4.13. The summed E-state index contributed by atoms with van der Waals surface area (Å²) < 4.78 is 1.75.